The number of aryl methyl sites for hydroxylation is 6. The molecule has 0 spiro atoms. The Morgan fingerprint density at radius 3 is 1.10 bits per heavy atom. The summed E-state index contributed by atoms with van der Waals surface area (Å²) in [5.41, 5.74) is 3.98. The lowest BCUT2D eigenvalue weighted by atomic mass is 10.1. The maximum atomic E-state index is 4.43. The highest BCUT2D eigenvalue weighted by Crippen LogP contribution is 2.11. The molecule has 31 heavy (non-hydrogen) atoms. The minimum atomic E-state index is 1.08. The molecule has 0 unspecified atom stereocenters. The van der Waals surface area contributed by atoms with Crippen molar-refractivity contribution in [1.29, 1.82) is 0 Å². The third-order valence-corrected chi connectivity index (χ3v) is 6.67. The van der Waals surface area contributed by atoms with Gasteiger partial charge in [0.05, 0.1) is 0 Å². The highest BCUT2D eigenvalue weighted by molar-refractivity contribution is 5.05. The van der Waals surface area contributed by atoms with Gasteiger partial charge in [-0.3, -0.25) is 0 Å². The maximum Gasteiger partial charge on any atom is 0.105 e. The second-order valence-electron chi connectivity index (χ2n) is 8.72. The topological polar surface area (TPSA) is 56.7 Å². The molecule has 0 saturated heterocycles. The lowest BCUT2D eigenvalue weighted by molar-refractivity contribution is 0.262. The highest BCUT2D eigenvalue weighted by atomic mass is 15.1. The van der Waals surface area contributed by atoms with Crippen LogP contribution in [-0.4, -0.2) is 53.2 Å². The molecule has 0 aliphatic rings. The average molecular weight is 426 g/mol. The van der Waals surface area contributed by atoms with Crippen LogP contribution in [0, 0.1) is 20.8 Å². The monoisotopic (exact) mass is 425 g/mol. The summed E-state index contributed by atoms with van der Waals surface area (Å²) in [6.45, 7) is 9.57. The van der Waals surface area contributed by atoms with Crippen LogP contribution in [0.1, 0.15) is 53.8 Å². The molecular formula is C24H39N7. The van der Waals surface area contributed by atoms with Crippen molar-refractivity contribution in [2.45, 2.75) is 59.3 Å². The first kappa shape index (κ1) is 23.3. The lowest BCUT2D eigenvalue weighted by Gasteiger charge is -2.22. The van der Waals surface area contributed by atoms with Gasteiger partial charge in [0.2, 0.25) is 0 Å². The van der Waals surface area contributed by atoms with Gasteiger partial charge in [-0.1, -0.05) is 0 Å². The Morgan fingerprint density at radius 1 is 0.581 bits per heavy atom. The van der Waals surface area contributed by atoms with E-state index in [4.69, 9.17) is 0 Å². The summed E-state index contributed by atoms with van der Waals surface area (Å²) in [6, 6.07) is 0. The van der Waals surface area contributed by atoms with Gasteiger partial charge in [0.1, 0.15) is 17.5 Å². The first-order valence-corrected chi connectivity index (χ1v) is 11.5. The minimum absolute atomic E-state index is 1.08. The van der Waals surface area contributed by atoms with Gasteiger partial charge in [-0.15, -0.1) is 0 Å². The van der Waals surface area contributed by atoms with Crippen molar-refractivity contribution in [1.82, 2.24) is 33.6 Å². The molecule has 7 nitrogen and oxygen atoms in total. The van der Waals surface area contributed by atoms with Crippen LogP contribution in [0.3, 0.4) is 0 Å². The molecule has 7 heteroatoms. The minimum Gasteiger partial charge on any atom is -0.335 e. The summed E-state index contributed by atoms with van der Waals surface area (Å²) in [4.78, 5) is 15.9. The average Bonchev–Trinajstić information content (AvgIpc) is 3.36. The van der Waals surface area contributed by atoms with Crippen LogP contribution in [0.15, 0.2) is 18.6 Å². The molecule has 0 aromatic carbocycles. The molecule has 0 bridgehead atoms. The molecule has 0 atom stereocenters. The van der Waals surface area contributed by atoms with E-state index in [1.807, 2.05) is 18.6 Å². The fraction of sp³-hybridized carbons (Fsp3) is 0.625. The van der Waals surface area contributed by atoms with Crippen LogP contribution in [-0.2, 0) is 40.4 Å². The van der Waals surface area contributed by atoms with Gasteiger partial charge in [0.25, 0.3) is 0 Å². The van der Waals surface area contributed by atoms with E-state index in [2.05, 4.69) is 75.5 Å². The fourth-order valence-corrected chi connectivity index (χ4v) is 4.13. The van der Waals surface area contributed by atoms with Crippen molar-refractivity contribution in [3.05, 3.63) is 53.1 Å². The van der Waals surface area contributed by atoms with Crippen LogP contribution in [0.25, 0.3) is 0 Å². The van der Waals surface area contributed by atoms with Crippen molar-refractivity contribution in [2.75, 3.05) is 19.6 Å². The Labute approximate surface area is 187 Å². The zero-order valence-electron chi connectivity index (χ0n) is 20.2. The molecule has 0 radical (unpaired) electrons. The van der Waals surface area contributed by atoms with E-state index in [-0.39, 0.29) is 0 Å². The summed E-state index contributed by atoms with van der Waals surface area (Å²) in [5.74, 6) is 3.26. The van der Waals surface area contributed by atoms with Crippen molar-refractivity contribution in [3.63, 3.8) is 0 Å². The standard InChI is InChI=1S/C24H39N7/c1-19-25-16-22(28(19)4)10-7-13-31(14-8-11-23-17-26-20(2)29(23)5)15-9-12-24-18-27-21(3)30(24)6/h16-18H,7-15H2,1-6H3. The van der Waals surface area contributed by atoms with E-state index >= 15 is 0 Å². The van der Waals surface area contributed by atoms with E-state index in [9.17, 15) is 0 Å². The number of aromatic nitrogens is 6. The number of rotatable bonds is 12. The highest BCUT2D eigenvalue weighted by Gasteiger charge is 2.10. The van der Waals surface area contributed by atoms with Crippen molar-refractivity contribution >= 4 is 0 Å². The van der Waals surface area contributed by atoms with Gasteiger partial charge < -0.3 is 18.6 Å². The summed E-state index contributed by atoms with van der Waals surface area (Å²) in [7, 11) is 6.34. The molecule has 3 rings (SSSR count). The number of imidazole rings is 3. The molecule has 0 N–H and O–H groups in total. The summed E-state index contributed by atoms with van der Waals surface area (Å²) >= 11 is 0. The Kier molecular flexibility index (Phi) is 8.07. The SMILES string of the molecule is Cc1ncc(CCCN(CCCc2cnc(C)n2C)CCCc2cnc(C)n2C)n1C. The van der Waals surface area contributed by atoms with E-state index in [0.717, 1.165) is 75.6 Å². The number of hydrogen-bond acceptors (Lipinski definition) is 4. The smallest absolute Gasteiger partial charge is 0.105 e. The summed E-state index contributed by atoms with van der Waals surface area (Å²) in [5, 5.41) is 0. The van der Waals surface area contributed by atoms with Gasteiger partial charge in [-0.25, -0.2) is 15.0 Å². The Hall–Kier alpha value is -2.41. The van der Waals surface area contributed by atoms with Gasteiger partial charge in [0, 0.05) is 56.8 Å². The van der Waals surface area contributed by atoms with Crippen molar-refractivity contribution < 1.29 is 0 Å². The van der Waals surface area contributed by atoms with Gasteiger partial charge >= 0.3 is 0 Å². The predicted octanol–water partition coefficient (Wildman–Crippen LogP) is 3.31. The van der Waals surface area contributed by atoms with Crippen molar-refractivity contribution in [2.24, 2.45) is 21.1 Å². The fourth-order valence-electron chi connectivity index (χ4n) is 4.13. The molecule has 3 aromatic heterocycles. The van der Waals surface area contributed by atoms with E-state index < -0.39 is 0 Å². The van der Waals surface area contributed by atoms with Gasteiger partial charge in [-0.2, -0.15) is 0 Å². The maximum absolute atomic E-state index is 4.43. The molecule has 3 heterocycles. The van der Waals surface area contributed by atoms with E-state index in [1.165, 1.54) is 17.1 Å². The zero-order valence-corrected chi connectivity index (χ0v) is 20.2. The lowest BCUT2D eigenvalue weighted by Crippen LogP contribution is -2.28. The Balaban J connectivity index is 1.51. The summed E-state index contributed by atoms with van der Waals surface area (Å²) in [6.07, 6.45) is 12.8. The largest absolute Gasteiger partial charge is 0.335 e. The molecule has 3 aromatic rings. The molecule has 0 amide bonds. The van der Waals surface area contributed by atoms with Crippen LogP contribution in [0.4, 0.5) is 0 Å². The number of nitrogens with zero attached hydrogens (tertiary/aromatic N) is 7. The Morgan fingerprint density at radius 2 is 0.871 bits per heavy atom. The molecule has 170 valence electrons. The third-order valence-electron chi connectivity index (χ3n) is 6.67. The third kappa shape index (κ3) is 6.06. The van der Waals surface area contributed by atoms with Gasteiger partial charge in [-0.05, 0) is 78.9 Å². The van der Waals surface area contributed by atoms with E-state index in [0.29, 0.717) is 0 Å². The molecule has 0 aliphatic heterocycles. The van der Waals surface area contributed by atoms with Crippen LogP contribution < -0.4 is 0 Å². The van der Waals surface area contributed by atoms with Crippen LogP contribution in [0.2, 0.25) is 0 Å². The molecule has 0 saturated carbocycles. The van der Waals surface area contributed by atoms with Crippen LogP contribution in [0.5, 0.6) is 0 Å². The zero-order chi connectivity index (χ0) is 22.4. The second-order valence-corrected chi connectivity index (χ2v) is 8.72. The number of hydrogen-bond donors (Lipinski definition) is 0. The predicted molar refractivity (Wildman–Crippen MR) is 125 cm³/mol. The molecule has 0 aliphatic carbocycles. The quantitative estimate of drug-likeness (QED) is 0.447. The van der Waals surface area contributed by atoms with Gasteiger partial charge in [0.15, 0.2) is 0 Å². The second kappa shape index (κ2) is 10.8. The normalized spacial score (nSPS) is 11.7. The first-order chi connectivity index (χ1) is 14.9. The first-order valence-electron chi connectivity index (χ1n) is 11.5. The van der Waals surface area contributed by atoms with E-state index in [1.54, 1.807) is 0 Å². The van der Waals surface area contributed by atoms with Crippen LogP contribution >= 0.6 is 0 Å². The molecular weight excluding hydrogens is 386 g/mol. The summed E-state index contributed by atoms with van der Waals surface area (Å²) < 4.78 is 6.62. The van der Waals surface area contributed by atoms with Crippen molar-refractivity contribution in [3.8, 4) is 0 Å². The Bertz CT molecular complexity index is 839. The molecule has 0 fully saturated rings.